The Bertz CT molecular complexity index is 191. The van der Waals surface area contributed by atoms with Crippen LogP contribution in [0.25, 0.3) is 0 Å². The van der Waals surface area contributed by atoms with Crippen LogP contribution in [0, 0.1) is 11.3 Å². The zero-order chi connectivity index (χ0) is 10.1. The lowest BCUT2D eigenvalue weighted by Gasteiger charge is -2.18. The van der Waals surface area contributed by atoms with Crippen molar-refractivity contribution in [2.24, 2.45) is 11.3 Å². The highest BCUT2D eigenvalue weighted by Crippen LogP contribution is 2.25. The summed E-state index contributed by atoms with van der Waals surface area (Å²) in [6, 6.07) is 0. The number of carbonyl (C=O) groups is 1. The van der Waals surface area contributed by atoms with Crippen molar-refractivity contribution in [1.29, 1.82) is 0 Å². The molecular weight excluding hydrogens is 164 g/mol. The van der Waals surface area contributed by atoms with Crippen LogP contribution in [0.1, 0.15) is 40.5 Å². The summed E-state index contributed by atoms with van der Waals surface area (Å²) in [6.45, 7) is 8.89. The molecule has 1 aliphatic rings. The Morgan fingerprint density at radius 1 is 1.46 bits per heavy atom. The number of Topliss-reactive ketones (excluding diaryl/α,β-unsaturated/α-hetero) is 1. The molecule has 1 saturated heterocycles. The van der Waals surface area contributed by atoms with Crippen molar-refractivity contribution >= 4 is 5.78 Å². The van der Waals surface area contributed by atoms with Gasteiger partial charge in [-0.25, -0.2) is 0 Å². The monoisotopic (exact) mass is 184 g/mol. The molecule has 2 nitrogen and oxygen atoms in total. The first-order valence-electron chi connectivity index (χ1n) is 5.04. The van der Waals surface area contributed by atoms with Crippen LogP contribution in [-0.4, -0.2) is 18.5 Å². The van der Waals surface area contributed by atoms with Crippen molar-refractivity contribution in [1.82, 2.24) is 0 Å². The van der Waals surface area contributed by atoms with Gasteiger partial charge in [-0.1, -0.05) is 27.7 Å². The van der Waals surface area contributed by atoms with E-state index < -0.39 is 0 Å². The zero-order valence-electron chi connectivity index (χ0n) is 9.09. The van der Waals surface area contributed by atoms with E-state index in [-0.39, 0.29) is 11.5 Å². The highest BCUT2D eigenvalue weighted by Gasteiger charge is 2.29. The second-order valence-electron chi connectivity index (χ2n) is 5.17. The molecule has 0 radical (unpaired) electrons. The van der Waals surface area contributed by atoms with Crippen LogP contribution >= 0.6 is 0 Å². The number of rotatable bonds is 2. The lowest BCUT2D eigenvalue weighted by atomic mass is 9.87. The Morgan fingerprint density at radius 2 is 2.08 bits per heavy atom. The predicted octanol–water partition coefficient (Wildman–Crippen LogP) is 2.42. The van der Waals surface area contributed by atoms with Crippen LogP contribution in [0.3, 0.4) is 0 Å². The van der Waals surface area contributed by atoms with Gasteiger partial charge in [-0.15, -0.1) is 0 Å². The number of ether oxygens (including phenoxy) is 1. The van der Waals surface area contributed by atoms with Crippen molar-refractivity contribution < 1.29 is 9.53 Å². The lowest BCUT2D eigenvalue weighted by Crippen LogP contribution is -2.24. The topological polar surface area (TPSA) is 26.3 Å². The summed E-state index contributed by atoms with van der Waals surface area (Å²) >= 11 is 0. The fourth-order valence-corrected chi connectivity index (χ4v) is 1.54. The maximum atomic E-state index is 11.6. The molecule has 1 fully saturated rings. The quantitative estimate of drug-likeness (QED) is 0.658. The van der Waals surface area contributed by atoms with Crippen LogP contribution in [0.15, 0.2) is 0 Å². The summed E-state index contributed by atoms with van der Waals surface area (Å²) < 4.78 is 5.51. The van der Waals surface area contributed by atoms with Crippen molar-refractivity contribution in [2.75, 3.05) is 6.61 Å². The number of hydrogen-bond donors (Lipinski definition) is 0. The normalized spacial score (nSPS) is 29.2. The first kappa shape index (κ1) is 10.7. The molecular formula is C11H20O2. The van der Waals surface area contributed by atoms with Gasteiger partial charge in [-0.05, 0) is 12.3 Å². The minimum absolute atomic E-state index is 0.182. The summed E-state index contributed by atoms with van der Waals surface area (Å²) in [4.78, 5) is 11.6. The number of carbonyl (C=O) groups excluding carboxylic acids is 1. The zero-order valence-corrected chi connectivity index (χ0v) is 9.09. The molecule has 0 aliphatic carbocycles. The second kappa shape index (κ2) is 3.79. The van der Waals surface area contributed by atoms with Crippen LogP contribution in [0.4, 0.5) is 0 Å². The smallest absolute Gasteiger partial charge is 0.140 e. The fraction of sp³-hybridized carbons (Fsp3) is 0.909. The largest absolute Gasteiger partial charge is 0.377 e. The second-order valence-corrected chi connectivity index (χ2v) is 5.17. The van der Waals surface area contributed by atoms with Gasteiger partial charge in [0.25, 0.3) is 0 Å². The highest BCUT2D eigenvalue weighted by atomic mass is 16.5. The molecule has 76 valence electrons. The summed E-state index contributed by atoms with van der Waals surface area (Å²) in [5.41, 5.74) is -0.213. The maximum absolute atomic E-state index is 11.6. The molecule has 2 atom stereocenters. The number of ketones is 1. The van der Waals surface area contributed by atoms with E-state index in [2.05, 4.69) is 6.92 Å². The fourth-order valence-electron chi connectivity index (χ4n) is 1.54. The molecule has 1 aliphatic heterocycles. The third-order valence-electron chi connectivity index (χ3n) is 2.53. The van der Waals surface area contributed by atoms with Gasteiger partial charge in [0.2, 0.25) is 0 Å². The molecule has 1 heterocycles. The maximum Gasteiger partial charge on any atom is 0.140 e. The standard InChI is InChI=1S/C11H20O2/c1-8-5-9(13-7-8)6-10(12)11(2,3)4/h8-9H,5-7H2,1-4H3/t8-,9+/m1/s1. The molecule has 0 amide bonds. The van der Waals surface area contributed by atoms with E-state index >= 15 is 0 Å². The minimum Gasteiger partial charge on any atom is -0.377 e. The van der Waals surface area contributed by atoms with E-state index in [1.165, 1.54) is 0 Å². The van der Waals surface area contributed by atoms with E-state index in [0.717, 1.165) is 13.0 Å². The van der Waals surface area contributed by atoms with Crippen LogP contribution in [0.2, 0.25) is 0 Å². The molecule has 0 unspecified atom stereocenters. The van der Waals surface area contributed by atoms with Crippen LogP contribution < -0.4 is 0 Å². The third-order valence-corrected chi connectivity index (χ3v) is 2.53. The van der Waals surface area contributed by atoms with Gasteiger partial charge >= 0.3 is 0 Å². The summed E-state index contributed by atoms with van der Waals surface area (Å²) in [6.07, 6.45) is 1.82. The van der Waals surface area contributed by atoms with Crippen LogP contribution in [-0.2, 0) is 9.53 Å². The minimum atomic E-state index is -0.213. The third kappa shape index (κ3) is 3.11. The Kier molecular flexibility index (Phi) is 3.12. The molecule has 0 aromatic carbocycles. The summed E-state index contributed by atoms with van der Waals surface area (Å²) in [5, 5.41) is 0. The summed E-state index contributed by atoms with van der Waals surface area (Å²) in [7, 11) is 0. The highest BCUT2D eigenvalue weighted by molar-refractivity contribution is 5.84. The molecule has 0 spiro atoms. The molecule has 0 saturated carbocycles. The van der Waals surface area contributed by atoms with Crippen molar-refractivity contribution in [3.63, 3.8) is 0 Å². The van der Waals surface area contributed by atoms with E-state index in [9.17, 15) is 4.79 Å². The number of hydrogen-bond acceptors (Lipinski definition) is 2. The Hall–Kier alpha value is -0.370. The van der Waals surface area contributed by atoms with Crippen molar-refractivity contribution in [2.45, 2.75) is 46.6 Å². The van der Waals surface area contributed by atoms with E-state index in [4.69, 9.17) is 4.74 Å². The van der Waals surface area contributed by atoms with Crippen molar-refractivity contribution in [3.8, 4) is 0 Å². The molecule has 0 aromatic rings. The van der Waals surface area contributed by atoms with Gasteiger partial charge in [0.05, 0.1) is 6.10 Å². The van der Waals surface area contributed by atoms with Gasteiger partial charge in [-0.3, -0.25) is 4.79 Å². The van der Waals surface area contributed by atoms with E-state index in [1.807, 2.05) is 20.8 Å². The lowest BCUT2D eigenvalue weighted by molar-refractivity contribution is -0.128. The first-order chi connectivity index (χ1) is 5.89. The van der Waals surface area contributed by atoms with Gasteiger partial charge in [0, 0.05) is 18.4 Å². The van der Waals surface area contributed by atoms with Gasteiger partial charge in [0.15, 0.2) is 0 Å². The predicted molar refractivity (Wildman–Crippen MR) is 52.6 cm³/mol. The molecule has 13 heavy (non-hydrogen) atoms. The molecule has 1 rings (SSSR count). The average molecular weight is 184 g/mol. The van der Waals surface area contributed by atoms with Crippen molar-refractivity contribution in [3.05, 3.63) is 0 Å². The SMILES string of the molecule is C[C@H]1CO[C@H](CC(=O)C(C)(C)C)C1. The first-order valence-corrected chi connectivity index (χ1v) is 5.04. The van der Waals surface area contributed by atoms with Gasteiger partial charge in [0.1, 0.15) is 5.78 Å². The summed E-state index contributed by atoms with van der Waals surface area (Å²) in [5.74, 6) is 0.935. The Balaban J connectivity index is 2.37. The molecule has 0 N–H and O–H groups in total. The van der Waals surface area contributed by atoms with Gasteiger partial charge < -0.3 is 4.74 Å². The Morgan fingerprint density at radius 3 is 2.46 bits per heavy atom. The van der Waals surface area contributed by atoms with E-state index in [1.54, 1.807) is 0 Å². The van der Waals surface area contributed by atoms with Crippen LogP contribution in [0.5, 0.6) is 0 Å². The average Bonchev–Trinajstić information content (AvgIpc) is 2.33. The van der Waals surface area contributed by atoms with Gasteiger partial charge in [-0.2, -0.15) is 0 Å². The van der Waals surface area contributed by atoms with E-state index in [0.29, 0.717) is 18.1 Å². The Labute approximate surface area is 80.7 Å². The molecule has 0 aromatic heterocycles. The molecule has 0 bridgehead atoms. The molecule has 2 heteroatoms.